The summed E-state index contributed by atoms with van der Waals surface area (Å²) < 4.78 is 87.5. The average molecular weight is 506 g/mol. The highest BCUT2D eigenvalue weighted by atomic mass is 19.4. The molecule has 2 heterocycles. The van der Waals surface area contributed by atoms with Gasteiger partial charge in [-0.2, -0.15) is 26.3 Å². The summed E-state index contributed by atoms with van der Waals surface area (Å²) in [5.74, 6) is 0. The van der Waals surface area contributed by atoms with Crippen LogP contribution in [0.25, 0.3) is 43.8 Å². The molecule has 0 spiro atoms. The van der Waals surface area contributed by atoms with E-state index in [4.69, 9.17) is 0 Å². The Morgan fingerprint density at radius 2 is 0.694 bits per heavy atom. The van der Waals surface area contributed by atoms with Gasteiger partial charge >= 0.3 is 34.9 Å². The average Bonchev–Trinajstić information content (AvgIpc) is 3.26. The van der Waals surface area contributed by atoms with Gasteiger partial charge < -0.3 is 8.83 Å². The second kappa shape index (κ2) is 7.51. The topological polar surface area (TPSA) is 94.6 Å². The second-order valence-corrected chi connectivity index (χ2v) is 7.75. The van der Waals surface area contributed by atoms with Gasteiger partial charge in [0.15, 0.2) is 0 Å². The first-order chi connectivity index (χ1) is 16.8. The molecule has 0 amide bonds. The Morgan fingerprint density at radius 3 is 0.917 bits per heavy atom. The van der Waals surface area contributed by atoms with Crippen LogP contribution in [0.4, 0.5) is 26.3 Å². The molecule has 0 saturated heterocycles. The summed E-state index contributed by atoms with van der Waals surface area (Å²) in [6.07, 6.45) is -9.39. The number of rotatable bonds is 2. The van der Waals surface area contributed by atoms with Crippen LogP contribution in [0.3, 0.4) is 0 Å². The second-order valence-electron chi connectivity index (χ2n) is 7.75. The molecule has 5 rings (SSSR count). The number of benzene rings is 3. The molecule has 0 N–H and O–H groups in total. The van der Waals surface area contributed by atoms with Gasteiger partial charge in [0.05, 0.1) is 32.7 Å². The highest BCUT2D eigenvalue weighted by Crippen LogP contribution is 2.41. The van der Waals surface area contributed by atoms with Crippen molar-refractivity contribution in [1.29, 1.82) is 0 Å². The van der Waals surface area contributed by atoms with Crippen molar-refractivity contribution in [2.75, 3.05) is 0 Å². The minimum atomic E-state index is -4.70. The molecule has 36 heavy (non-hydrogen) atoms. The fourth-order valence-electron chi connectivity index (χ4n) is 4.17. The third-order valence-corrected chi connectivity index (χ3v) is 5.69. The van der Waals surface area contributed by atoms with Crippen molar-refractivity contribution < 1.29 is 35.2 Å². The summed E-state index contributed by atoms with van der Waals surface area (Å²) in [4.78, 5) is 50.6. The molecule has 2 aromatic heterocycles. The van der Waals surface area contributed by atoms with Crippen molar-refractivity contribution in [2.24, 2.45) is 0 Å². The molecule has 0 atom stereocenters. The zero-order valence-corrected chi connectivity index (χ0v) is 17.3. The number of hydrogen-bond donors (Lipinski definition) is 0. The molecule has 0 fully saturated rings. The molecule has 0 bridgehead atoms. The van der Waals surface area contributed by atoms with Crippen LogP contribution in [0, 0.1) is 0 Å². The first-order valence-corrected chi connectivity index (χ1v) is 9.91. The number of halogens is 6. The molecule has 0 unspecified atom stereocenters. The lowest BCUT2D eigenvalue weighted by atomic mass is 9.89. The first kappa shape index (κ1) is 23.3. The third kappa shape index (κ3) is 3.44. The molecular formula is C24H8F6O6. The van der Waals surface area contributed by atoms with Gasteiger partial charge in [0.1, 0.15) is 0 Å². The van der Waals surface area contributed by atoms with E-state index in [2.05, 4.69) is 8.83 Å². The van der Waals surface area contributed by atoms with Gasteiger partial charge in [0.2, 0.25) is 0 Å². The van der Waals surface area contributed by atoms with Crippen LogP contribution in [-0.2, 0) is 12.4 Å². The number of alkyl halides is 6. The third-order valence-electron chi connectivity index (χ3n) is 5.69. The fraction of sp³-hybridized carbons (Fsp3) is 0.0833. The van der Waals surface area contributed by atoms with Crippen LogP contribution < -0.4 is 22.5 Å². The Hall–Kier alpha value is -4.48. The summed E-state index contributed by atoms with van der Waals surface area (Å²) in [5.41, 5.74) is -8.11. The van der Waals surface area contributed by atoms with Crippen molar-refractivity contribution in [3.8, 4) is 22.3 Å². The van der Waals surface area contributed by atoms with Crippen LogP contribution in [0.15, 0.2) is 76.5 Å². The molecule has 0 aliphatic rings. The Balaban J connectivity index is 1.94. The van der Waals surface area contributed by atoms with E-state index in [-0.39, 0.29) is 22.3 Å². The molecule has 0 radical (unpaired) electrons. The number of furan rings is 2. The molecular weight excluding hydrogens is 498 g/mol. The van der Waals surface area contributed by atoms with E-state index in [1.807, 2.05) is 0 Å². The Labute approximate surface area is 193 Å². The molecule has 12 heteroatoms. The lowest BCUT2D eigenvalue weighted by Gasteiger charge is -2.12. The van der Waals surface area contributed by atoms with E-state index in [9.17, 15) is 45.5 Å². The quantitative estimate of drug-likeness (QED) is 0.317. The van der Waals surface area contributed by atoms with E-state index in [1.54, 1.807) is 0 Å². The molecule has 0 aliphatic carbocycles. The summed E-state index contributed by atoms with van der Waals surface area (Å²) in [6, 6.07) is 6.41. The largest absolute Gasteiger partial charge is 0.416 e. The lowest BCUT2D eigenvalue weighted by molar-refractivity contribution is -0.138. The highest BCUT2D eigenvalue weighted by Gasteiger charge is 2.33. The number of hydrogen-bond acceptors (Lipinski definition) is 6. The molecule has 182 valence electrons. The zero-order chi connectivity index (χ0) is 26.2. The van der Waals surface area contributed by atoms with Crippen molar-refractivity contribution in [1.82, 2.24) is 0 Å². The molecule has 6 nitrogen and oxygen atoms in total. The van der Waals surface area contributed by atoms with Crippen LogP contribution in [0.2, 0.25) is 0 Å². The maximum Gasteiger partial charge on any atom is 0.416 e. The maximum atomic E-state index is 13.0. The molecule has 0 aliphatic heterocycles. The van der Waals surface area contributed by atoms with Crippen LogP contribution in [0.5, 0.6) is 0 Å². The monoisotopic (exact) mass is 506 g/mol. The minimum Gasteiger partial charge on any atom is -0.386 e. The van der Waals surface area contributed by atoms with Gasteiger partial charge in [-0.25, -0.2) is 19.2 Å². The molecule has 3 aromatic carbocycles. The van der Waals surface area contributed by atoms with Gasteiger partial charge in [-0.05, 0) is 35.4 Å². The Bertz CT molecular complexity index is 1650. The zero-order valence-electron chi connectivity index (χ0n) is 17.3. The first-order valence-electron chi connectivity index (χ1n) is 9.91. The molecule has 0 saturated carbocycles. The van der Waals surface area contributed by atoms with E-state index in [0.29, 0.717) is 24.3 Å². The van der Waals surface area contributed by atoms with E-state index >= 15 is 0 Å². The van der Waals surface area contributed by atoms with Gasteiger partial charge in [0.25, 0.3) is 0 Å². The van der Waals surface area contributed by atoms with Crippen LogP contribution in [-0.4, -0.2) is 0 Å². The van der Waals surface area contributed by atoms with Crippen molar-refractivity contribution in [2.45, 2.75) is 12.4 Å². The van der Waals surface area contributed by atoms with E-state index in [0.717, 1.165) is 24.3 Å². The van der Waals surface area contributed by atoms with Gasteiger partial charge in [-0.15, -0.1) is 0 Å². The van der Waals surface area contributed by atoms with E-state index < -0.39 is 67.5 Å². The smallest absolute Gasteiger partial charge is 0.386 e. The minimum absolute atomic E-state index is 0.132. The van der Waals surface area contributed by atoms with E-state index in [1.165, 1.54) is 0 Å². The summed E-state index contributed by atoms with van der Waals surface area (Å²) in [7, 11) is 0. The van der Waals surface area contributed by atoms with Gasteiger partial charge in [-0.3, -0.25) is 0 Å². The SMILES string of the molecule is O=c1oc(=O)c2c(-c3ccc(C(F)(F)F)cc3)c3c(=O)oc(=O)c3c(-c3ccc(C(F)(F)F)cc3)c12. The van der Waals surface area contributed by atoms with Gasteiger partial charge in [-0.1, -0.05) is 24.3 Å². The van der Waals surface area contributed by atoms with Gasteiger partial charge in [0, 0.05) is 11.1 Å². The predicted molar refractivity (Wildman–Crippen MR) is 114 cm³/mol. The summed E-state index contributed by atoms with van der Waals surface area (Å²) >= 11 is 0. The Morgan fingerprint density at radius 1 is 0.444 bits per heavy atom. The van der Waals surface area contributed by atoms with Crippen LogP contribution in [0.1, 0.15) is 11.1 Å². The van der Waals surface area contributed by atoms with Crippen molar-refractivity contribution >= 4 is 21.5 Å². The van der Waals surface area contributed by atoms with Crippen molar-refractivity contribution in [3.05, 3.63) is 101 Å². The standard InChI is InChI=1S/C24H8F6O6/c25-23(26,27)11-5-1-9(2-6-11)13-15-17(21(33)35-19(15)31)14(18-16(13)20(32)36-22(18)34)10-3-7-12(8-4-10)24(28,29)30/h1-8H. The Kier molecular flexibility index (Phi) is 4.85. The normalized spacial score (nSPS) is 12.6. The highest BCUT2D eigenvalue weighted by molar-refractivity contribution is 6.20. The fourth-order valence-corrected chi connectivity index (χ4v) is 4.17. The van der Waals surface area contributed by atoms with Crippen molar-refractivity contribution in [3.63, 3.8) is 0 Å². The summed E-state index contributed by atoms with van der Waals surface area (Å²) in [5, 5.41) is -2.11. The number of fused-ring (bicyclic) bond motifs is 2. The predicted octanol–water partition coefficient (Wildman–Crippen LogP) is 4.87. The molecule has 5 aromatic rings. The summed E-state index contributed by atoms with van der Waals surface area (Å²) in [6.45, 7) is 0. The van der Waals surface area contributed by atoms with Crippen LogP contribution >= 0.6 is 0 Å². The maximum absolute atomic E-state index is 13.0. The lowest BCUT2D eigenvalue weighted by Crippen LogP contribution is -2.06.